The molecule has 1 aromatic carbocycles. The lowest BCUT2D eigenvalue weighted by molar-refractivity contribution is 0.415. The van der Waals surface area contributed by atoms with Crippen molar-refractivity contribution in [2.24, 2.45) is 10.7 Å². The van der Waals surface area contributed by atoms with Gasteiger partial charge in [-0.3, -0.25) is 4.99 Å². The van der Waals surface area contributed by atoms with Crippen molar-refractivity contribution in [1.82, 2.24) is 4.98 Å². The van der Waals surface area contributed by atoms with Crippen LogP contribution >= 0.6 is 35.3 Å². The number of hydrogen-bond donors (Lipinski definition) is 2. The average molecular weight is 432 g/mol. The first-order valence-electron chi connectivity index (χ1n) is 6.72. The molecule has 7 heteroatoms. The summed E-state index contributed by atoms with van der Waals surface area (Å²) in [6, 6.07) is 7.58. The van der Waals surface area contributed by atoms with E-state index in [2.05, 4.69) is 15.3 Å². The van der Waals surface area contributed by atoms with E-state index in [0.717, 1.165) is 28.6 Å². The van der Waals surface area contributed by atoms with E-state index in [1.54, 1.807) is 18.4 Å². The highest BCUT2D eigenvalue weighted by molar-refractivity contribution is 14.0. The zero-order valence-corrected chi connectivity index (χ0v) is 16.1. The van der Waals surface area contributed by atoms with E-state index >= 15 is 0 Å². The fourth-order valence-corrected chi connectivity index (χ4v) is 2.90. The van der Waals surface area contributed by atoms with Gasteiger partial charge in [-0.2, -0.15) is 0 Å². The molecule has 2 rings (SSSR count). The maximum absolute atomic E-state index is 5.89. The van der Waals surface area contributed by atoms with Gasteiger partial charge >= 0.3 is 0 Å². The third kappa shape index (κ3) is 5.45. The molecule has 5 nitrogen and oxygen atoms in total. The van der Waals surface area contributed by atoms with Gasteiger partial charge in [0, 0.05) is 29.6 Å². The van der Waals surface area contributed by atoms with Crippen LogP contribution < -0.4 is 15.8 Å². The molecule has 0 aliphatic heterocycles. The van der Waals surface area contributed by atoms with Gasteiger partial charge in [0.25, 0.3) is 0 Å². The van der Waals surface area contributed by atoms with Gasteiger partial charge in [-0.25, -0.2) is 4.98 Å². The van der Waals surface area contributed by atoms with E-state index in [1.165, 1.54) is 4.88 Å². The van der Waals surface area contributed by atoms with E-state index in [9.17, 15) is 0 Å². The van der Waals surface area contributed by atoms with Crippen LogP contribution in [0.15, 0.2) is 29.3 Å². The topological polar surface area (TPSA) is 72.5 Å². The number of aliphatic imine (C=N–C) groups is 1. The summed E-state index contributed by atoms with van der Waals surface area (Å²) in [6.07, 6.45) is 0.859. The maximum Gasteiger partial charge on any atom is 0.193 e. The van der Waals surface area contributed by atoms with Gasteiger partial charge in [-0.05, 0) is 26.0 Å². The first kappa shape index (κ1) is 18.7. The summed E-state index contributed by atoms with van der Waals surface area (Å²) in [5.41, 5.74) is 7.84. The van der Waals surface area contributed by atoms with E-state index in [4.69, 9.17) is 10.5 Å². The van der Waals surface area contributed by atoms with Gasteiger partial charge in [0.05, 0.1) is 17.8 Å². The Morgan fingerprint density at radius 3 is 2.82 bits per heavy atom. The van der Waals surface area contributed by atoms with Crippen LogP contribution in [0.5, 0.6) is 5.75 Å². The second kappa shape index (κ2) is 8.94. The SMILES string of the molecule is COc1cccc(NC(N)=NCCc2sc(C)nc2C)c1.I. The van der Waals surface area contributed by atoms with Crippen LogP contribution in [0.2, 0.25) is 0 Å². The van der Waals surface area contributed by atoms with E-state index in [0.29, 0.717) is 12.5 Å². The van der Waals surface area contributed by atoms with Gasteiger partial charge in [-0.15, -0.1) is 35.3 Å². The number of ether oxygens (including phenoxy) is 1. The molecule has 0 aliphatic carbocycles. The third-order valence-electron chi connectivity index (χ3n) is 2.96. The molecule has 1 aromatic heterocycles. The summed E-state index contributed by atoms with van der Waals surface area (Å²) in [5, 5.41) is 4.15. The van der Waals surface area contributed by atoms with Crippen molar-refractivity contribution in [2.45, 2.75) is 20.3 Å². The monoisotopic (exact) mass is 432 g/mol. The highest BCUT2D eigenvalue weighted by atomic mass is 127. The molecule has 120 valence electrons. The standard InChI is InChI=1S/C15H20N4OS.HI/c1-10-14(21-11(2)18-10)7-8-17-15(16)19-12-5-4-6-13(9-12)20-3;/h4-6,9H,7-8H2,1-3H3,(H3,16,17,19);1H. The number of nitrogens with zero attached hydrogens (tertiary/aromatic N) is 2. The molecule has 0 bridgehead atoms. The summed E-state index contributed by atoms with van der Waals surface area (Å²) < 4.78 is 5.16. The Morgan fingerprint density at radius 2 is 2.18 bits per heavy atom. The minimum atomic E-state index is 0. The number of anilines is 1. The molecule has 0 spiro atoms. The second-order valence-corrected chi connectivity index (χ2v) is 5.90. The Kier molecular flexibility index (Phi) is 7.60. The van der Waals surface area contributed by atoms with Gasteiger partial charge < -0.3 is 15.8 Å². The lowest BCUT2D eigenvalue weighted by atomic mass is 10.3. The molecular formula is C15H21IN4OS. The number of halogens is 1. The molecule has 22 heavy (non-hydrogen) atoms. The minimum absolute atomic E-state index is 0. The number of nitrogens with one attached hydrogen (secondary N) is 1. The summed E-state index contributed by atoms with van der Waals surface area (Å²) in [7, 11) is 1.63. The molecule has 0 atom stereocenters. The molecule has 0 saturated carbocycles. The van der Waals surface area contributed by atoms with Crippen LogP contribution in [-0.2, 0) is 6.42 Å². The molecule has 0 aliphatic rings. The second-order valence-electron chi connectivity index (χ2n) is 4.62. The molecule has 3 N–H and O–H groups in total. The Balaban J connectivity index is 0.00000242. The smallest absolute Gasteiger partial charge is 0.193 e. The van der Waals surface area contributed by atoms with Crippen molar-refractivity contribution in [2.75, 3.05) is 19.0 Å². The van der Waals surface area contributed by atoms with Crippen molar-refractivity contribution >= 4 is 47.0 Å². The normalized spacial score (nSPS) is 11.0. The Bertz CT molecular complexity index is 642. The predicted octanol–water partition coefficient (Wildman–Crippen LogP) is 3.36. The molecular weight excluding hydrogens is 411 g/mol. The molecule has 1 heterocycles. The number of hydrogen-bond acceptors (Lipinski definition) is 4. The van der Waals surface area contributed by atoms with Crippen molar-refractivity contribution < 1.29 is 4.74 Å². The van der Waals surface area contributed by atoms with Gasteiger partial charge in [0.1, 0.15) is 5.75 Å². The van der Waals surface area contributed by atoms with Gasteiger partial charge in [0.2, 0.25) is 0 Å². The first-order valence-corrected chi connectivity index (χ1v) is 7.54. The highest BCUT2D eigenvalue weighted by Gasteiger charge is 2.04. The molecule has 0 fully saturated rings. The summed E-state index contributed by atoms with van der Waals surface area (Å²) in [4.78, 5) is 10.0. The Morgan fingerprint density at radius 1 is 1.41 bits per heavy atom. The molecule has 0 radical (unpaired) electrons. The molecule has 0 amide bonds. The van der Waals surface area contributed by atoms with Crippen LogP contribution in [0.3, 0.4) is 0 Å². The Hall–Kier alpha value is -1.35. The number of thiazole rings is 1. The number of methoxy groups -OCH3 is 1. The maximum atomic E-state index is 5.89. The quantitative estimate of drug-likeness (QED) is 0.432. The van der Waals surface area contributed by atoms with Gasteiger partial charge in [-0.1, -0.05) is 6.07 Å². The van der Waals surface area contributed by atoms with Crippen LogP contribution in [0, 0.1) is 13.8 Å². The number of rotatable bonds is 5. The lowest BCUT2D eigenvalue weighted by Crippen LogP contribution is -2.23. The summed E-state index contributed by atoms with van der Waals surface area (Å²) in [5.74, 6) is 1.19. The highest BCUT2D eigenvalue weighted by Crippen LogP contribution is 2.18. The predicted molar refractivity (Wildman–Crippen MR) is 104 cm³/mol. The number of guanidine groups is 1. The summed E-state index contributed by atoms with van der Waals surface area (Å²) >= 11 is 1.72. The fourth-order valence-electron chi connectivity index (χ4n) is 1.97. The van der Waals surface area contributed by atoms with Crippen molar-refractivity contribution in [3.05, 3.63) is 39.8 Å². The average Bonchev–Trinajstić information content (AvgIpc) is 2.77. The first-order chi connectivity index (χ1) is 10.1. The van der Waals surface area contributed by atoms with Gasteiger partial charge in [0.15, 0.2) is 5.96 Å². The minimum Gasteiger partial charge on any atom is -0.497 e. The van der Waals surface area contributed by atoms with Crippen LogP contribution in [0.1, 0.15) is 15.6 Å². The molecule has 0 saturated heterocycles. The van der Waals surface area contributed by atoms with Crippen LogP contribution in [0.25, 0.3) is 0 Å². The number of aryl methyl sites for hydroxylation is 2. The van der Waals surface area contributed by atoms with Crippen molar-refractivity contribution in [3.63, 3.8) is 0 Å². The van der Waals surface area contributed by atoms with Crippen molar-refractivity contribution in [3.8, 4) is 5.75 Å². The van der Waals surface area contributed by atoms with E-state index < -0.39 is 0 Å². The van der Waals surface area contributed by atoms with Crippen LogP contribution in [0.4, 0.5) is 5.69 Å². The zero-order valence-electron chi connectivity index (χ0n) is 12.9. The third-order valence-corrected chi connectivity index (χ3v) is 4.10. The number of nitrogens with two attached hydrogens (primary N) is 1. The molecule has 2 aromatic rings. The summed E-state index contributed by atoms with van der Waals surface area (Å²) in [6.45, 7) is 4.69. The molecule has 0 unspecified atom stereocenters. The number of benzene rings is 1. The van der Waals surface area contributed by atoms with Crippen molar-refractivity contribution in [1.29, 1.82) is 0 Å². The van der Waals surface area contributed by atoms with E-state index in [-0.39, 0.29) is 24.0 Å². The van der Waals surface area contributed by atoms with Crippen LogP contribution in [-0.4, -0.2) is 24.6 Å². The zero-order chi connectivity index (χ0) is 15.2. The lowest BCUT2D eigenvalue weighted by Gasteiger charge is -2.07. The fraction of sp³-hybridized carbons (Fsp3) is 0.333. The Labute approximate surface area is 152 Å². The number of aromatic nitrogens is 1. The van der Waals surface area contributed by atoms with E-state index in [1.807, 2.05) is 38.1 Å². The largest absolute Gasteiger partial charge is 0.497 e.